The van der Waals surface area contributed by atoms with Crippen LogP contribution in [0.2, 0.25) is 0 Å². The van der Waals surface area contributed by atoms with E-state index in [-0.39, 0.29) is 11.9 Å². The monoisotopic (exact) mass is 298 g/mol. The van der Waals surface area contributed by atoms with Crippen molar-refractivity contribution >= 4 is 5.91 Å². The fourth-order valence-electron chi connectivity index (χ4n) is 2.34. The molecule has 0 aliphatic carbocycles. The lowest BCUT2D eigenvalue weighted by molar-refractivity contribution is -0.121. The molecule has 2 atom stereocenters. The van der Waals surface area contributed by atoms with Crippen LogP contribution in [0.1, 0.15) is 37.1 Å². The zero-order valence-electron chi connectivity index (χ0n) is 12.8. The van der Waals surface area contributed by atoms with E-state index < -0.39 is 6.10 Å². The zero-order valence-corrected chi connectivity index (χ0v) is 12.8. The standard InChI is InChI=1S/C18H22N2O2/c1-14(13-17(21)15-7-3-2-4-8-15)20-18(22)11-10-16-9-5-6-12-19-16/h2-9,12,14,17,21H,10-11,13H2,1H3,(H,20,22)/t14-,17+/m0/s1. The average molecular weight is 298 g/mol. The van der Waals surface area contributed by atoms with E-state index in [0.717, 1.165) is 11.3 Å². The third-order valence-corrected chi connectivity index (χ3v) is 3.50. The molecular weight excluding hydrogens is 276 g/mol. The largest absolute Gasteiger partial charge is 0.388 e. The molecule has 1 amide bonds. The Kier molecular flexibility index (Phi) is 6.10. The van der Waals surface area contributed by atoms with Crippen LogP contribution in [0.25, 0.3) is 0 Å². The first kappa shape index (κ1) is 16.2. The van der Waals surface area contributed by atoms with Gasteiger partial charge in [0.2, 0.25) is 5.91 Å². The van der Waals surface area contributed by atoms with Crippen LogP contribution in [0.4, 0.5) is 0 Å². The molecule has 0 saturated carbocycles. The van der Waals surface area contributed by atoms with Crippen molar-refractivity contribution in [1.29, 1.82) is 0 Å². The molecule has 0 saturated heterocycles. The molecule has 0 aliphatic heterocycles. The second-order valence-electron chi connectivity index (χ2n) is 5.45. The smallest absolute Gasteiger partial charge is 0.220 e. The Morgan fingerprint density at radius 3 is 2.59 bits per heavy atom. The van der Waals surface area contributed by atoms with Crippen LogP contribution in [0.5, 0.6) is 0 Å². The number of carbonyl (C=O) groups excluding carboxylic acids is 1. The number of rotatable bonds is 7. The summed E-state index contributed by atoms with van der Waals surface area (Å²) in [5, 5.41) is 13.1. The molecule has 1 heterocycles. The summed E-state index contributed by atoms with van der Waals surface area (Å²) in [7, 11) is 0. The van der Waals surface area contributed by atoms with Crippen molar-refractivity contribution in [2.75, 3.05) is 0 Å². The number of amides is 1. The van der Waals surface area contributed by atoms with E-state index >= 15 is 0 Å². The zero-order chi connectivity index (χ0) is 15.8. The van der Waals surface area contributed by atoms with E-state index in [0.29, 0.717) is 19.3 Å². The van der Waals surface area contributed by atoms with Gasteiger partial charge in [0, 0.05) is 24.4 Å². The maximum absolute atomic E-state index is 11.9. The van der Waals surface area contributed by atoms with Crippen LogP contribution >= 0.6 is 0 Å². The Bertz CT molecular complexity index is 572. The van der Waals surface area contributed by atoms with Gasteiger partial charge in [-0.25, -0.2) is 0 Å². The van der Waals surface area contributed by atoms with E-state index in [1.165, 1.54) is 0 Å². The number of nitrogens with one attached hydrogen (secondary N) is 1. The summed E-state index contributed by atoms with van der Waals surface area (Å²) >= 11 is 0. The van der Waals surface area contributed by atoms with E-state index in [1.54, 1.807) is 6.20 Å². The van der Waals surface area contributed by atoms with Gasteiger partial charge in [-0.05, 0) is 37.5 Å². The Morgan fingerprint density at radius 2 is 1.91 bits per heavy atom. The summed E-state index contributed by atoms with van der Waals surface area (Å²) < 4.78 is 0. The van der Waals surface area contributed by atoms with Crippen LogP contribution in [-0.4, -0.2) is 22.0 Å². The number of hydrogen-bond donors (Lipinski definition) is 2. The van der Waals surface area contributed by atoms with Gasteiger partial charge in [0.05, 0.1) is 6.10 Å². The topological polar surface area (TPSA) is 62.2 Å². The normalized spacial score (nSPS) is 13.4. The van der Waals surface area contributed by atoms with E-state index in [9.17, 15) is 9.90 Å². The quantitative estimate of drug-likeness (QED) is 0.826. The summed E-state index contributed by atoms with van der Waals surface area (Å²) in [4.78, 5) is 16.1. The van der Waals surface area contributed by atoms with Crippen molar-refractivity contribution < 1.29 is 9.90 Å². The molecule has 22 heavy (non-hydrogen) atoms. The second-order valence-corrected chi connectivity index (χ2v) is 5.45. The molecule has 1 aromatic carbocycles. The van der Waals surface area contributed by atoms with Gasteiger partial charge in [0.1, 0.15) is 0 Å². The molecule has 0 aliphatic rings. The van der Waals surface area contributed by atoms with E-state index in [2.05, 4.69) is 10.3 Å². The van der Waals surface area contributed by atoms with Gasteiger partial charge >= 0.3 is 0 Å². The minimum Gasteiger partial charge on any atom is -0.388 e. The van der Waals surface area contributed by atoms with Crippen LogP contribution in [0.15, 0.2) is 54.7 Å². The van der Waals surface area contributed by atoms with Gasteiger partial charge < -0.3 is 10.4 Å². The Hall–Kier alpha value is -2.20. The highest BCUT2D eigenvalue weighted by Gasteiger charge is 2.14. The summed E-state index contributed by atoms with van der Waals surface area (Å²) in [6.07, 6.45) is 2.70. The lowest BCUT2D eigenvalue weighted by atomic mass is 10.0. The first-order chi connectivity index (χ1) is 10.6. The minimum atomic E-state index is -0.563. The predicted octanol–water partition coefficient (Wildman–Crippen LogP) is 2.64. The maximum Gasteiger partial charge on any atom is 0.220 e. The molecule has 2 N–H and O–H groups in total. The summed E-state index contributed by atoms with van der Waals surface area (Å²) in [6.45, 7) is 1.91. The lowest BCUT2D eigenvalue weighted by Gasteiger charge is -2.18. The molecule has 0 bridgehead atoms. The van der Waals surface area contributed by atoms with Crippen LogP contribution in [0, 0.1) is 0 Å². The number of carbonyl (C=O) groups is 1. The van der Waals surface area contributed by atoms with Crippen molar-refractivity contribution in [3.8, 4) is 0 Å². The van der Waals surface area contributed by atoms with Crippen LogP contribution in [0.3, 0.4) is 0 Å². The molecule has 0 radical (unpaired) electrons. The molecule has 0 fully saturated rings. The average Bonchev–Trinajstić information content (AvgIpc) is 2.54. The third-order valence-electron chi connectivity index (χ3n) is 3.50. The highest BCUT2D eigenvalue weighted by atomic mass is 16.3. The predicted molar refractivity (Wildman–Crippen MR) is 86.2 cm³/mol. The molecule has 2 rings (SSSR count). The molecule has 4 nitrogen and oxygen atoms in total. The van der Waals surface area contributed by atoms with Gasteiger partial charge in [0.25, 0.3) is 0 Å². The van der Waals surface area contributed by atoms with Crippen LogP contribution in [-0.2, 0) is 11.2 Å². The lowest BCUT2D eigenvalue weighted by Crippen LogP contribution is -2.33. The molecule has 1 aromatic heterocycles. The van der Waals surface area contributed by atoms with Crippen molar-refractivity contribution in [2.45, 2.75) is 38.3 Å². The SMILES string of the molecule is C[C@@H](C[C@@H](O)c1ccccc1)NC(=O)CCc1ccccn1. The number of aryl methyl sites for hydroxylation is 1. The molecular formula is C18H22N2O2. The molecule has 0 unspecified atom stereocenters. The number of benzene rings is 1. The Balaban J connectivity index is 1.74. The Morgan fingerprint density at radius 1 is 1.18 bits per heavy atom. The van der Waals surface area contributed by atoms with Crippen molar-refractivity contribution in [3.63, 3.8) is 0 Å². The van der Waals surface area contributed by atoms with Gasteiger partial charge in [0.15, 0.2) is 0 Å². The number of aromatic nitrogens is 1. The number of aliphatic hydroxyl groups is 1. The fraction of sp³-hybridized carbons (Fsp3) is 0.333. The highest BCUT2D eigenvalue weighted by molar-refractivity contribution is 5.76. The first-order valence-electron chi connectivity index (χ1n) is 7.57. The summed E-state index contributed by atoms with van der Waals surface area (Å²) in [5.41, 5.74) is 1.78. The molecule has 4 heteroatoms. The highest BCUT2D eigenvalue weighted by Crippen LogP contribution is 2.17. The van der Waals surface area contributed by atoms with Gasteiger partial charge in [-0.2, -0.15) is 0 Å². The second kappa shape index (κ2) is 8.29. The van der Waals surface area contributed by atoms with Crippen molar-refractivity contribution in [1.82, 2.24) is 10.3 Å². The van der Waals surface area contributed by atoms with Crippen molar-refractivity contribution in [2.24, 2.45) is 0 Å². The minimum absolute atomic E-state index is 0.0154. The van der Waals surface area contributed by atoms with Gasteiger partial charge in [-0.3, -0.25) is 9.78 Å². The van der Waals surface area contributed by atoms with Gasteiger partial charge in [-0.15, -0.1) is 0 Å². The van der Waals surface area contributed by atoms with E-state index in [4.69, 9.17) is 0 Å². The number of pyridine rings is 1. The summed E-state index contributed by atoms with van der Waals surface area (Å²) in [5.74, 6) is -0.0154. The van der Waals surface area contributed by atoms with Crippen LogP contribution < -0.4 is 5.32 Å². The van der Waals surface area contributed by atoms with E-state index in [1.807, 2.05) is 55.5 Å². The van der Waals surface area contributed by atoms with Crippen molar-refractivity contribution in [3.05, 3.63) is 66.0 Å². The molecule has 2 aromatic rings. The molecule has 0 spiro atoms. The first-order valence-corrected chi connectivity index (χ1v) is 7.57. The third kappa shape index (κ3) is 5.30. The fourth-order valence-corrected chi connectivity index (χ4v) is 2.34. The Labute approximate surface area is 131 Å². The summed E-state index contributed by atoms with van der Waals surface area (Å²) in [6, 6.07) is 15.1. The van der Waals surface area contributed by atoms with Gasteiger partial charge in [-0.1, -0.05) is 36.4 Å². The molecule has 116 valence electrons. The maximum atomic E-state index is 11.9. The number of nitrogens with zero attached hydrogens (tertiary/aromatic N) is 1. The number of hydrogen-bond acceptors (Lipinski definition) is 3. The number of aliphatic hydroxyl groups excluding tert-OH is 1.